The Balaban J connectivity index is -0.0000000123. The molecule has 57 heavy (non-hydrogen) atoms. The summed E-state index contributed by atoms with van der Waals surface area (Å²) in [6.45, 7) is 0. The minimum Gasteiger partial charge on any atom is -1.00 e. The summed E-state index contributed by atoms with van der Waals surface area (Å²) >= 11 is 0. The number of rotatable bonds is 0. The molecule has 0 radical (unpaired) electrons. The average molecular weight is 1150 g/mol. The standard InChI is InChI=1S/7Na.10H2O4S.7H/c;;;;;;;10*1-5(2,3)4;;;;;;;/h;;;;;;;10*(H2,1,2,3,4);;;;;;;/q7*+1;;;;;;;;;;;7*-1. The fourth-order valence-corrected chi connectivity index (χ4v) is 0. The molecule has 0 amide bonds. The van der Waals surface area contributed by atoms with Crippen LogP contribution < -0.4 is 207 Å². The van der Waals surface area contributed by atoms with E-state index in [1.54, 1.807) is 0 Å². The summed E-state index contributed by atoms with van der Waals surface area (Å²) in [6.07, 6.45) is 0. The van der Waals surface area contributed by atoms with Crippen LogP contribution in [0, 0.1) is 0 Å². The van der Waals surface area contributed by atoms with E-state index in [2.05, 4.69) is 0 Å². The summed E-state index contributed by atoms with van der Waals surface area (Å²) in [7, 11) is -46.7. The van der Waals surface area contributed by atoms with Crippen LogP contribution in [0.15, 0.2) is 0 Å². The summed E-state index contributed by atoms with van der Waals surface area (Å²) < 4.78 is 316. The van der Waals surface area contributed by atoms with Crippen molar-refractivity contribution >= 4 is 104 Å². The maximum atomic E-state index is 8.74. The molecule has 0 aromatic heterocycles. The minimum atomic E-state index is -4.67. The van der Waals surface area contributed by atoms with Crippen LogP contribution in [0.5, 0.6) is 0 Å². The summed E-state index contributed by atoms with van der Waals surface area (Å²) in [6, 6.07) is 0. The van der Waals surface area contributed by atoms with Crippen LogP contribution in [0.25, 0.3) is 0 Å². The predicted molar refractivity (Wildman–Crippen MR) is 150 cm³/mol. The van der Waals surface area contributed by atoms with Crippen molar-refractivity contribution in [3.05, 3.63) is 0 Å². The van der Waals surface area contributed by atoms with E-state index in [1.807, 2.05) is 0 Å². The van der Waals surface area contributed by atoms with E-state index in [0.29, 0.717) is 0 Å². The van der Waals surface area contributed by atoms with Gasteiger partial charge in [0.2, 0.25) is 0 Å². The van der Waals surface area contributed by atoms with Crippen molar-refractivity contribution in [1.29, 1.82) is 0 Å². The van der Waals surface area contributed by atoms with E-state index >= 15 is 0 Å². The Bertz CT molecular complexity index is 1430. The Morgan fingerprint density at radius 2 is 0.140 bits per heavy atom. The second-order valence-corrected chi connectivity index (χ2v) is 13.4. The van der Waals surface area contributed by atoms with Gasteiger partial charge in [0.15, 0.2) is 0 Å². The zero-order valence-corrected chi connectivity index (χ0v) is 50.4. The van der Waals surface area contributed by atoms with Crippen molar-refractivity contribution in [3.8, 4) is 0 Å². The van der Waals surface area contributed by atoms with Gasteiger partial charge >= 0.3 is 311 Å². The molecule has 0 aromatic rings. The topological polar surface area (TPSA) is 746 Å². The zero-order valence-electron chi connectivity index (χ0n) is 35.2. The molecule has 0 spiro atoms. The molecule has 40 nitrogen and oxygen atoms in total. The van der Waals surface area contributed by atoms with Crippen molar-refractivity contribution in [2.75, 3.05) is 0 Å². The van der Waals surface area contributed by atoms with Gasteiger partial charge in [-0.15, -0.1) is 0 Å². The molecule has 0 saturated heterocycles. The quantitative estimate of drug-likeness (QED) is 0.0791. The van der Waals surface area contributed by atoms with Gasteiger partial charge in [-0.3, -0.25) is 91.1 Å². The molecular weight excluding hydrogens is 1120 g/mol. The van der Waals surface area contributed by atoms with Gasteiger partial charge in [-0.2, -0.15) is 84.2 Å². The third-order valence-electron chi connectivity index (χ3n) is 0. The summed E-state index contributed by atoms with van der Waals surface area (Å²) in [5.74, 6) is 0. The van der Waals surface area contributed by atoms with E-state index in [0.717, 1.165) is 0 Å². The molecule has 0 bridgehead atoms. The van der Waals surface area contributed by atoms with Crippen LogP contribution in [0.1, 0.15) is 9.99 Å². The van der Waals surface area contributed by atoms with Crippen LogP contribution >= 0.6 is 0 Å². The maximum absolute atomic E-state index is 8.74. The van der Waals surface area contributed by atoms with Gasteiger partial charge in [0.1, 0.15) is 0 Å². The first-order valence-electron chi connectivity index (χ1n) is 6.98. The summed E-state index contributed by atoms with van der Waals surface area (Å²) in [5.41, 5.74) is 0. The van der Waals surface area contributed by atoms with Crippen LogP contribution in [0.3, 0.4) is 0 Å². The predicted octanol–water partition coefficient (Wildman–Crippen LogP) is -26.7. The molecule has 0 aliphatic rings. The first kappa shape index (κ1) is 114. The van der Waals surface area contributed by atoms with E-state index in [-0.39, 0.29) is 217 Å². The SMILES string of the molecule is O=S(=O)(O)O.O=S(=O)(O)O.O=S(=O)(O)O.O=S(=O)(O)O.O=S(=O)(O)O.O=S(=O)(O)O.O=S(=O)(O)O.O=S(=O)(O)O.O=S(=O)(O)O.O=S(=O)(O)O.[H-].[H-].[H-].[H-].[H-].[H-].[H-].[Na+].[Na+].[Na+].[Na+].[Na+].[Na+].[Na+]. The Morgan fingerprint density at radius 1 is 0.140 bits per heavy atom. The van der Waals surface area contributed by atoms with E-state index < -0.39 is 104 Å². The minimum absolute atomic E-state index is 0. The first-order chi connectivity index (χ1) is 20.0. The van der Waals surface area contributed by atoms with Crippen molar-refractivity contribution in [2.24, 2.45) is 0 Å². The van der Waals surface area contributed by atoms with Crippen LogP contribution in [-0.4, -0.2) is 175 Å². The molecule has 334 valence electrons. The van der Waals surface area contributed by atoms with Crippen molar-refractivity contribution in [2.45, 2.75) is 0 Å². The largest absolute Gasteiger partial charge is 1.00 e. The Kier molecular flexibility index (Phi) is 106. The monoisotopic (exact) mass is 1150 g/mol. The molecule has 0 atom stereocenters. The Morgan fingerprint density at radius 3 is 0.140 bits per heavy atom. The van der Waals surface area contributed by atoms with Gasteiger partial charge < -0.3 is 9.99 Å². The van der Waals surface area contributed by atoms with E-state index in [9.17, 15) is 0 Å². The Hall–Kier alpha value is 5.70. The molecule has 0 aliphatic heterocycles. The molecular formula is H27Na7O40S10. The van der Waals surface area contributed by atoms with Gasteiger partial charge in [-0.1, -0.05) is 0 Å². The summed E-state index contributed by atoms with van der Waals surface area (Å²) in [4.78, 5) is 0. The van der Waals surface area contributed by atoms with Crippen molar-refractivity contribution in [3.63, 3.8) is 0 Å². The zero-order chi connectivity index (χ0) is 45.0. The maximum Gasteiger partial charge on any atom is 1.00 e. The van der Waals surface area contributed by atoms with E-state index in [1.165, 1.54) is 0 Å². The summed E-state index contributed by atoms with van der Waals surface area (Å²) in [5, 5.41) is 0. The van der Waals surface area contributed by atoms with Gasteiger partial charge in [0.25, 0.3) is 0 Å². The van der Waals surface area contributed by atoms with Crippen molar-refractivity contribution in [1.82, 2.24) is 0 Å². The van der Waals surface area contributed by atoms with Crippen molar-refractivity contribution < 1.29 is 392 Å². The van der Waals surface area contributed by atoms with E-state index in [4.69, 9.17) is 175 Å². The molecule has 57 heteroatoms. The molecule has 0 unspecified atom stereocenters. The van der Waals surface area contributed by atoms with Crippen LogP contribution in [0.4, 0.5) is 0 Å². The Labute approximate surface area is 487 Å². The molecule has 20 N–H and O–H groups in total. The normalized spacial score (nSPS) is 10.2. The van der Waals surface area contributed by atoms with Gasteiger partial charge in [0.05, 0.1) is 0 Å². The second kappa shape index (κ2) is 52.7. The van der Waals surface area contributed by atoms with Gasteiger partial charge in [0, 0.05) is 0 Å². The van der Waals surface area contributed by atoms with Crippen LogP contribution in [-0.2, 0) is 104 Å². The molecule has 0 heterocycles. The fraction of sp³-hybridized carbons (Fsp3) is 0. The first-order valence-corrected chi connectivity index (χ1v) is 21.0. The third kappa shape index (κ3) is 6770. The molecule has 0 fully saturated rings. The number of hydrogen-bond acceptors (Lipinski definition) is 20. The second-order valence-electron chi connectivity index (χ2n) is 4.48. The van der Waals surface area contributed by atoms with Gasteiger partial charge in [-0.25, -0.2) is 0 Å². The molecule has 0 saturated carbocycles. The molecule has 0 aliphatic carbocycles. The molecule has 0 aromatic carbocycles. The fourth-order valence-electron chi connectivity index (χ4n) is 0. The number of hydrogen-bond donors (Lipinski definition) is 20. The molecule has 0 rings (SSSR count). The van der Waals surface area contributed by atoms with Crippen LogP contribution in [0.2, 0.25) is 0 Å². The van der Waals surface area contributed by atoms with Gasteiger partial charge in [-0.05, 0) is 0 Å². The smallest absolute Gasteiger partial charge is 1.00 e. The third-order valence-corrected chi connectivity index (χ3v) is 0. The average Bonchev–Trinajstić information content (AvgIpc) is 2.34.